The first-order chi connectivity index (χ1) is 10.2. The van der Waals surface area contributed by atoms with Crippen LogP contribution < -0.4 is 5.32 Å². The van der Waals surface area contributed by atoms with Crippen molar-refractivity contribution >= 4 is 39.1 Å². The SMILES string of the molecule is O=C(CCc1cc(Cl)no1)NCc1cccc2ncsc12. The molecule has 3 rings (SSSR count). The van der Waals surface area contributed by atoms with Gasteiger partial charge in [0.15, 0.2) is 5.15 Å². The fourth-order valence-electron chi connectivity index (χ4n) is 2.01. The molecule has 0 aliphatic heterocycles. The van der Waals surface area contributed by atoms with Crippen LogP contribution in [0.4, 0.5) is 0 Å². The van der Waals surface area contributed by atoms with E-state index in [0.29, 0.717) is 30.3 Å². The van der Waals surface area contributed by atoms with Crippen molar-refractivity contribution in [3.8, 4) is 0 Å². The largest absolute Gasteiger partial charge is 0.360 e. The number of hydrogen-bond donors (Lipinski definition) is 1. The van der Waals surface area contributed by atoms with E-state index in [-0.39, 0.29) is 5.91 Å². The predicted molar refractivity (Wildman–Crippen MR) is 81.3 cm³/mol. The van der Waals surface area contributed by atoms with Gasteiger partial charge in [0, 0.05) is 25.5 Å². The highest BCUT2D eigenvalue weighted by Gasteiger charge is 2.08. The Kier molecular flexibility index (Phi) is 4.17. The van der Waals surface area contributed by atoms with Crippen LogP contribution in [-0.2, 0) is 17.8 Å². The second-order valence-corrected chi connectivity index (χ2v) is 5.75. The van der Waals surface area contributed by atoms with Crippen LogP contribution in [0.5, 0.6) is 0 Å². The molecule has 0 saturated heterocycles. The van der Waals surface area contributed by atoms with Gasteiger partial charge in [0.2, 0.25) is 5.91 Å². The normalized spacial score (nSPS) is 10.9. The Balaban J connectivity index is 1.55. The molecule has 1 amide bonds. The monoisotopic (exact) mass is 321 g/mol. The van der Waals surface area contributed by atoms with E-state index in [1.54, 1.807) is 17.4 Å². The summed E-state index contributed by atoms with van der Waals surface area (Å²) in [7, 11) is 0. The summed E-state index contributed by atoms with van der Waals surface area (Å²) in [6.45, 7) is 0.496. The van der Waals surface area contributed by atoms with E-state index in [1.165, 1.54) is 0 Å². The lowest BCUT2D eigenvalue weighted by Gasteiger charge is -2.05. The summed E-state index contributed by atoms with van der Waals surface area (Å²) in [6.07, 6.45) is 0.820. The lowest BCUT2D eigenvalue weighted by molar-refractivity contribution is -0.121. The molecule has 0 aliphatic rings. The van der Waals surface area contributed by atoms with Crippen molar-refractivity contribution in [3.63, 3.8) is 0 Å². The number of fused-ring (bicyclic) bond motifs is 1. The second-order valence-electron chi connectivity index (χ2n) is 4.51. The number of rotatable bonds is 5. The lowest BCUT2D eigenvalue weighted by Crippen LogP contribution is -2.22. The van der Waals surface area contributed by atoms with E-state index in [1.807, 2.05) is 23.7 Å². The highest BCUT2D eigenvalue weighted by atomic mass is 35.5. The number of aromatic nitrogens is 2. The average Bonchev–Trinajstić information content (AvgIpc) is 3.11. The van der Waals surface area contributed by atoms with Crippen LogP contribution >= 0.6 is 22.9 Å². The molecule has 0 atom stereocenters. The maximum Gasteiger partial charge on any atom is 0.220 e. The third-order valence-corrected chi connectivity index (χ3v) is 4.14. The molecule has 3 aromatic rings. The number of halogens is 1. The molecule has 7 heteroatoms. The zero-order valence-corrected chi connectivity index (χ0v) is 12.6. The Labute approximate surface area is 129 Å². The van der Waals surface area contributed by atoms with Gasteiger partial charge in [-0.25, -0.2) is 4.98 Å². The van der Waals surface area contributed by atoms with Crippen LogP contribution in [-0.4, -0.2) is 16.0 Å². The van der Waals surface area contributed by atoms with Crippen molar-refractivity contribution < 1.29 is 9.32 Å². The van der Waals surface area contributed by atoms with Crippen molar-refractivity contribution in [2.45, 2.75) is 19.4 Å². The van der Waals surface area contributed by atoms with E-state index < -0.39 is 0 Å². The Morgan fingerprint density at radius 3 is 3.14 bits per heavy atom. The fraction of sp³-hybridized carbons (Fsp3) is 0.214. The summed E-state index contributed by atoms with van der Waals surface area (Å²) in [5.41, 5.74) is 3.85. The number of hydrogen-bond acceptors (Lipinski definition) is 5. The minimum atomic E-state index is -0.0379. The van der Waals surface area contributed by atoms with Gasteiger partial charge in [-0.3, -0.25) is 4.79 Å². The summed E-state index contributed by atoms with van der Waals surface area (Å²) in [6, 6.07) is 7.52. The van der Waals surface area contributed by atoms with Crippen LogP contribution in [0.15, 0.2) is 34.3 Å². The van der Waals surface area contributed by atoms with Gasteiger partial charge in [-0.2, -0.15) is 0 Å². The Morgan fingerprint density at radius 2 is 2.33 bits per heavy atom. The first-order valence-electron chi connectivity index (χ1n) is 6.41. The molecule has 0 bridgehead atoms. The summed E-state index contributed by atoms with van der Waals surface area (Å²) in [4.78, 5) is 16.1. The van der Waals surface area contributed by atoms with E-state index in [9.17, 15) is 4.79 Å². The molecule has 5 nitrogen and oxygen atoms in total. The molecule has 0 radical (unpaired) electrons. The molecule has 1 aromatic carbocycles. The quantitative estimate of drug-likeness (QED) is 0.783. The van der Waals surface area contributed by atoms with Gasteiger partial charge in [-0.1, -0.05) is 28.9 Å². The minimum absolute atomic E-state index is 0.0379. The molecule has 0 fully saturated rings. The molecule has 2 heterocycles. The van der Waals surface area contributed by atoms with Gasteiger partial charge >= 0.3 is 0 Å². The molecule has 108 valence electrons. The van der Waals surface area contributed by atoms with Gasteiger partial charge in [0.25, 0.3) is 0 Å². The number of nitrogens with one attached hydrogen (secondary N) is 1. The standard InChI is InChI=1S/C14H12ClN3O2S/c15-12-6-10(20-18-12)4-5-13(19)16-7-9-2-1-3-11-14(9)21-8-17-11/h1-3,6,8H,4-5,7H2,(H,16,19). The first-order valence-corrected chi connectivity index (χ1v) is 7.67. The predicted octanol–water partition coefficient (Wildman–Crippen LogP) is 3.19. The first kappa shape index (κ1) is 14.0. The van der Waals surface area contributed by atoms with Gasteiger partial charge in [0.05, 0.1) is 15.7 Å². The molecule has 21 heavy (non-hydrogen) atoms. The number of aryl methyl sites for hydroxylation is 1. The van der Waals surface area contributed by atoms with Crippen LogP contribution in [0.3, 0.4) is 0 Å². The maximum absolute atomic E-state index is 11.9. The fourth-order valence-corrected chi connectivity index (χ4v) is 2.97. The molecule has 2 aromatic heterocycles. The van der Waals surface area contributed by atoms with E-state index in [2.05, 4.69) is 15.5 Å². The van der Waals surface area contributed by atoms with Crippen LogP contribution in [0.1, 0.15) is 17.7 Å². The van der Waals surface area contributed by atoms with Crippen LogP contribution in [0.2, 0.25) is 5.15 Å². The number of benzene rings is 1. The number of thiazole rings is 1. The Bertz CT molecular complexity index is 768. The zero-order valence-electron chi connectivity index (χ0n) is 11.0. The summed E-state index contributed by atoms with van der Waals surface area (Å²) in [5, 5.41) is 6.78. The maximum atomic E-state index is 11.9. The second kappa shape index (κ2) is 6.24. The van der Waals surface area contributed by atoms with E-state index in [0.717, 1.165) is 15.8 Å². The minimum Gasteiger partial charge on any atom is -0.360 e. The molecular formula is C14H12ClN3O2S. The summed E-state index contributed by atoms with van der Waals surface area (Å²) in [5.74, 6) is 0.573. The van der Waals surface area contributed by atoms with Gasteiger partial charge in [0.1, 0.15) is 5.76 Å². The third-order valence-electron chi connectivity index (χ3n) is 3.04. The Hall–Kier alpha value is -1.92. The lowest BCUT2D eigenvalue weighted by atomic mass is 10.2. The van der Waals surface area contributed by atoms with Crippen molar-refractivity contribution in [1.29, 1.82) is 0 Å². The van der Waals surface area contributed by atoms with Crippen molar-refractivity contribution in [2.75, 3.05) is 0 Å². The number of carbonyl (C=O) groups is 1. The van der Waals surface area contributed by atoms with Crippen molar-refractivity contribution in [2.24, 2.45) is 0 Å². The molecule has 0 aliphatic carbocycles. The summed E-state index contributed by atoms with van der Waals surface area (Å²) < 4.78 is 6.07. The number of amides is 1. The molecular weight excluding hydrogens is 310 g/mol. The highest BCUT2D eigenvalue weighted by molar-refractivity contribution is 7.16. The zero-order chi connectivity index (χ0) is 14.7. The molecule has 0 spiro atoms. The van der Waals surface area contributed by atoms with Crippen LogP contribution in [0.25, 0.3) is 10.2 Å². The molecule has 0 unspecified atom stereocenters. The molecule has 0 saturated carbocycles. The van der Waals surface area contributed by atoms with Crippen molar-refractivity contribution in [3.05, 3.63) is 46.3 Å². The van der Waals surface area contributed by atoms with Gasteiger partial charge in [-0.05, 0) is 11.6 Å². The van der Waals surface area contributed by atoms with Gasteiger partial charge in [-0.15, -0.1) is 11.3 Å². The van der Waals surface area contributed by atoms with E-state index in [4.69, 9.17) is 16.1 Å². The topological polar surface area (TPSA) is 68.0 Å². The van der Waals surface area contributed by atoms with Crippen molar-refractivity contribution in [1.82, 2.24) is 15.5 Å². The Morgan fingerprint density at radius 1 is 1.43 bits per heavy atom. The van der Waals surface area contributed by atoms with E-state index >= 15 is 0 Å². The average molecular weight is 322 g/mol. The number of carbonyl (C=O) groups excluding carboxylic acids is 1. The smallest absolute Gasteiger partial charge is 0.220 e. The van der Waals surface area contributed by atoms with Gasteiger partial charge < -0.3 is 9.84 Å². The summed E-state index contributed by atoms with van der Waals surface area (Å²) >= 11 is 7.23. The highest BCUT2D eigenvalue weighted by Crippen LogP contribution is 2.21. The number of nitrogens with zero attached hydrogens (tertiary/aromatic N) is 2. The third kappa shape index (κ3) is 3.40. The molecule has 1 N–H and O–H groups in total. The van der Waals surface area contributed by atoms with Crippen LogP contribution in [0, 0.1) is 0 Å².